The first-order valence-corrected chi connectivity index (χ1v) is 9.30. The first kappa shape index (κ1) is 15.0. The van der Waals surface area contributed by atoms with Crippen LogP contribution in [-0.2, 0) is 0 Å². The van der Waals surface area contributed by atoms with E-state index in [0.717, 1.165) is 0 Å². The number of hydrogen-bond donors (Lipinski definition) is 0. The van der Waals surface area contributed by atoms with Crippen LogP contribution in [0.15, 0.2) is 83.8 Å². The monoisotopic (exact) mass is 326 g/mol. The van der Waals surface area contributed by atoms with Crippen molar-refractivity contribution in [3.8, 4) is 0 Å². The van der Waals surface area contributed by atoms with E-state index in [0.29, 0.717) is 0 Å². The zero-order valence-corrected chi connectivity index (χ0v) is 14.4. The van der Waals surface area contributed by atoms with Crippen LogP contribution in [0.3, 0.4) is 0 Å². The van der Waals surface area contributed by atoms with Gasteiger partial charge >= 0.3 is 0 Å². The highest BCUT2D eigenvalue weighted by molar-refractivity contribution is 7.98. The molecule has 0 radical (unpaired) electrons. The lowest BCUT2D eigenvalue weighted by atomic mass is 9.96. The summed E-state index contributed by atoms with van der Waals surface area (Å²) >= 11 is 1.77. The third-order valence-electron chi connectivity index (χ3n) is 4.37. The summed E-state index contributed by atoms with van der Waals surface area (Å²) < 4.78 is 0. The Hall–Kier alpha value is -2.51. The van der Waals surface area contributed by atoms with Crippen molar-refractivity contribution in [3.05, 3.63) is 90.0 Å². The van der Waals surface area contributed by atoms with Gasteiger partial charge in [0.15, 0.2) is 0 Å². The van der Waals surface area contributed by atoms with Crippen LogP contribution in [0.4, 0.5) is 0 Å². The fourth-order valence-corrected chi connectivity index (χ4v) is 3.53. The Morgan fingerprint density at radius 1 is 0.667 bits per heavy atom. The van der Waals surface area contributed by atoms with Gasteiger partial charge in [0.05, 0.1) is 0 Å². The molecule has 0 unspecified atom stereocenters. The summed E-state index contributed by atoms with van der Waals surface area (Å²) in [6.07, 6.45) is 6.56. The van der Waals surface area contributed by atoms with Gasteiger partial charge in [0.2, 0.25) is 0 Å². The Morgan fingerprint density at radius 2 is 1.25 bits per heavy atom. The predicted molar refractivity (Wildman–Crippen MR) is 109 cm³/mol. The van der Waals surface area contributed by atoms with Gasteiger partial charge in [-0.2, -0.15) is 0 Å². The fourth-order valence-electron chi connectivity index (χ4n) is 3.12. The number of fused-ring (bicyclic) bond motifs is 2. The molecule has 0 nitrogen and oxygen atoms in total. The maximum atomic E-state index is 2.27. The van der Waals surface area contributed by atoms with Crippen molar-refractivity contribution in [2.45, 2.75) is 4.90 Å². The summed E-state index contributed by atoms with van der Waals surface area (Å²) in [6, 6.07) is 28.2. The van der Waals surface area contributed by atoms with Gasteiger partial charge in [-0.15, -0.1) is 11.8 Å². The van der Waals surface area contributed by atoms with Crippen molar-refractivity contribution in [2.24, 2.45) is 0 Å². The molecular formula is C23H18S. The van der Waals surface area contributed by atoms with Crippen LogP contribution in [0.25, 0.3) is 33.7 Å². The largest absolute Gasteiger partial charge is 0.130 e. The minimum absolute atomic E-state index is 1.23. The molecule has 0 aliphatic heterocycles. The van der Waals surface area contributed by atoms with Crippen molar-refractivity contribution in [1.29, 1.82) is 0 Å². The van der Waals surface area contributed by atoms with Crippen LogP contribution in [0.1, 0.15) is 11.1 Å². The number of rotatable bonds is 3. The fraction of sp³-hybridized carbons (Fsp3) is 0.0435. The molecule has 0 saturated heterocycles. The van der Waals surface area contributed by atoms with E-state index < -0.39 is 0 Å². The van der Waals surface area contributed by atoms with Crippen LogP contribution in [-0.4, -0.2) is 6.26 Å². The molecule has 0 amide bonds. The summed E-state index contributed by atoms with van der Waals surface area (Å²) in [5.74, 6) is 0. The molecule has 4 aromatic carbocycles. The van der Waals surface area contributed by atoms with Crippen LogP contribution in [0, 0.1) is 0 Å². The number of benzene rings is 4. The van der Waals surface area contributed by atoms with Crippen molar-refractivity contribution in [2.75, 3.05) is 6.26 Å². The molecule has 0 atom stereocenters. The number of hydrogen-bond acceptors (Lipinski definition) is 1. The summed E-state index contributed by atoms with van der Waals surface area (Å²) in [7, 11) is 0. The van der Waals surface area contributed by atoms with E-state index in [2.05, 4.69) is 97.3 Å². The second-order valence-electron chi connectivity index (χ2n) is 5.84. The summed E-state index contributed by atoms with van der Waals surface area (Å²) in [4.78, 5) is 1.29. The second-order valence-corrected chi connectivity index (χ2v) is 6.72. The van der Waals surface area contributed by atoms with Gasteiger partial charge < -0.3 is 0 Å². The Labute approximate surface area is 146 Å². The van der Waals surface area contributed by atoms with E-state index in [1.807, 2.05) is 0 Å². The van der Waals surface area contributed by atoms with Crippen LogP contribution < -0.4 is 0 Å². The molecule has 0 saturated carbocycles. The van der Waals surface area contributed by atoms with Gasteiger partial charge in [-0.3, -0.25) is 0 Å². The molecule has 24 heavy (non-hydrogen) atoms. The highest BCUT2D eigenvalue weighted by Crippen LogP contribution is 2.30. The Morgan fingerprint density at radius 3 is 1.83 bits per heavy atom. The zero-order valence-electron chi connectivity index (χ0n) is 13.6. The highest BCUT2D eigenvalue weighted by Gasteiger charge is 2.04. The third-order valence-corrected chi connectivity index (χ3v) is 5.11. The minimum Gasteiger partial charge on any atom is -0.130 e. The van der Waals surface area contributed by atoms with E-state index >= 15 is 0 Å². The maximum absolute atomic E-state index is 2.27. The predicted octanol–water partition coefficient (Wildman–Crippen LogP) is 6.89. The van der Waals surface area contributed by atoms with Crippen molar-refractivity contribution in [1.82, 2.24) is 0 Å². The Bertz CT molecular complexity index is 973. The molecule has 0 bridgehead atoms. The summed E-state index contributed by atoms with van der Waals surface area (Å²) in [5.41, 5.74) is 2.52. The molecule has 1 heteroatoms. The number of thioether (sulfide) groups is 1. The van der Waals surface area contributed by atoms with E-state index in [9.17, 15) is 0 Å². The molecule has 116 valence electrons. The quantitative estimate of drug-likeness (QED) is 0.224. The average Bonchev–Trinajstić information content (AvgIpc) is 2.65. The summed E-state index contributed by atoms with van der Waals surface area (Å²) in [6.45, 7) is 0. The molecule has 4 aromatic rings. The molecule has 0 aliphatic carbocycles. The van der Waals surface area contributed by atoms with Crippen LogP contribution in [0.5, 0.6) is 0 Å². The van der Waals surface area contributed by atoms with Gasteiger partial charge in [0.1, 0.15) is 0 Å². The van der Waals surface area contributed by atoms with Gasteiger partial charge in [0, 0.05) is 4.90 Å². The van der Waals surface area contributed by atoms with E-state index in [-0.39, 0.29) is 0 Å². The molecule has 4 rings (SSSR count). The summed E-state index contributed by atoms with van der Waals surface area (Å²) in [5, 5.41) is 5.17. The van der Waals surface area contributed by atoms with Gasteiger partial charge in [-0.05, 0) is 57.1 Å². The molecule has 0 heterocycles. The lowest BCUT2D eigenvalue weighted by Crippen LogP contribution is -1.83. The normalized spacial score (nSPS) is 11.5. The third kappa shape index (κ3) is 2.83. The van der Waals surface area contributed by atoms with Crippen LogP contribution >= 0.6 is 11.8 Å². The lowest BCUT2D eigenvalue weighted by molar-refractivity contribution is 1.45. The zero-order chi connectivity index (χ0) is 16.4. The lowest BCUT2D eigenvalue weighted by Gasteiger charge is -2.08. The molecule has 0 spiro atoms. The molecular weight excluding hydrogens is 308 g/mol. The van der Waals surface area contributed by atoms with Gasteiger partial charge in [-0.25, -0.2) is 0 Å². The van der Waals surface area contributed by atoms with Crippen LogP contribution in [0.2, 0.25) is 0 Å². The van der Waals surface area contributed by atoms with E-state index in [1.165, 1.54) is 37.6 Å². The van der Waals surface area contributed by atoms with E-state index in [1.54, 1.807) is 11.8 Å². The molecule has 0 N–H and O–H groups in total. The average molecular weight is 326 g/mol. The highest BCUT2D eigenvalue weighted by atomic mass is 32.2. The maximum Gasteiger partial charge on any atom is 0.00695 e. The topological polar surface area (TPSA) is 0 Å². The molecule has 0 aromatic heterocycles. The Kier molecular flexibility index (Phi) is 4.10. The molecule has 0 aliphatic rings. The van der Waals surface area contributed by atoms with Crippen molar-refractivity contribution in [3.63, 3.8) is 0 Å². The second kappa shape index (κ2) is 6.54. The first-order chi connectivity index (χ1) is 11.8. The Balaban J connectivity index is 1.87. The minimum atomic E-state index is 1.23. The SMILES string of the molecule is CSc1ccc(/C=C/c2c3ccccc3cc3ccccc23)cc1. The van der Waals surface area contributed by atoms with Gasteiger partial charge in [-0.1, -0.05) is 72.8 Å². The standard InChI is InChI=1S/C23H18S/c1-24-20-13-10-17(11-14-20)12-15-23-21-8-4-2-6-18(21)16-19-7-3-5-9-22(19)23/h2-16H,1H3/b15-12+. The molecule has 0 fully saturated rings. The van der Waals surface area contributed by atoms with Crippen molar-refractivity contribution < 1.29 is 0 Å². The van der Waals surface area contributed by atoms with E-state index in [4.69, 9.17) is 0 Å². The smallest absolute Gasteiger partial charge is 0.00695 e. The van der Waals surface area contributed by atoms with Gasteiger partial charge in [0.25, 0.3) is 0 Å². The first-order valence-electron chi connectivity index (χ1n) is 8.08. The van der Waals surface area contributed by atoms with Crippen molar-refractivity contribution >= 4 is 45.5 Å².